The average Bonchev–Trinajstić information content (AvgIpc) is 2.51. The van der Waals surface area contributed by atoms with Gasteiger partial charge in [0.1, 0.15) is 0 Å². The predicted octanol–water partition coefficient (Wildman–Crippen LogP) is 3.10. The molecule has 0 bridgehead atoms. The number of aromatic nitrogens is 2. The second-order valence-corrected chi connectivity index (χ2v) is 5.25. The van der Waals surface area contributed by atoms with Gasteiger partial charge >= 0.3 is 0 Å². The topological polar surface area (TPSA) is 53.5 Å². The van der Waals surface area contributed by atoms with Crippen LogP contribution in [0.5, 0.6) is 17.2 Å². The number of benzene rings is 1. The Balaban J connectivity index is 2.20. The molecule has 1 heterocycles. The summed E-state index contributed by atoms with van der Waals surface area (Å²) in [6.07, 6.45) is 1.76. The Kier molecular flexibility index (Phi) is 5.27. The molecule has 2 aromatic rings. The van der Waals surface area contributed by atoms with E-state index in [9.17, 15) is 0 Å². The fraction of sp³-hybridized carbons (Fsp3) is 0.333. The van der Waals surface area contributed by atoms with Gasteiger partial charge in [0.05, 0.1) is 21.3 Å². The van der Waals surface area contributed by atoms with Gasteiger partial charge in [0, 0.05) is 17.6 Å². The van der Waals surface area contributed by atoms with Crippen molar-refractivity contribution in [2.24, 2.45) is 0 Å². The first-order valence-corrected chi connectivity index (χ1v) is 7.37. The first kappa shape index (κ1) is 15.4. The molecule has 0 N–H and O–H groups in total. The van der Waals surface area contributed by atoms with Crippen molar-refractivity contribution >= 4 is 11.8 Å². The SMILES string of the molecule is COc1cc(CSc2nccc(C)n2)cc(OC)c1OC. The van der Waals surface area contributed by atoms with Crippen LogP contribution in [0.1, 0.15) is 11.3 Å². The van der Waals surface area contributed by atoms with Crippen molar-refractivity contribution in [2.75, 3.05) is 21.3 Å². The minimum Gasteiger partial charge on any atom is -0.493 e. The molecule has 0 saturated heterocycles. The maximum atomic E-state index is 5.35. The second kappa shape index (κ2) is 7.17. The molecule has 112 valence electrons. The van der Waals surface area contributed by atoms with E-state index in [1.807, 2.05) is 25.1 Å². The molecule has 0 unspecified atom stereocenters. The van der Waals surface area contributed by atoms with Gasteiger partial charge in [-0.1, -0.05) is 11.8 Å². The van der Waals surface area contributed by atoms with Crippen molar-refractivity contribution in [3.63, 3.8) is 0 Å². The molecule has 21 heavy (non-hydrogen) atoms. The fourth-order valence-corrected chi connectivity index (χ4v) is 2.67. The minimum atomic E-state index is 0.598. The van der Waals surface area contributed by atoms with Crippen molar-refractivity contribution < 1.29 is 14.2 Å². The summed E-state index contributed by atoms with van der Waals surface area (Å²) in [6, 6.07) is 5.75. The number of rotatable bonds is 6. The van der Waals surface area contributed by atoms with E-state index in [2.05, 4.69) is 9.97 Å². The van der Waals surface area contributed by atoms with Gasteiger partial charge in [-0.3, -0.25) is 0 Å². The van der Waals surface area contributed by atoms with Crippen molar-refractivity contribution in [1.82, 2.24) is 9.97 Å². The molecule has 0 saturated carbocycles. The van der Waals surface area contributed by atoms with E-state index >= 15 is 0 Å². The normalized spacial score (nSPS) is 10.3. The zero-order chi connectivity index (χ0) is 15.2. The Bertz CT molecular complexity index is 595. The Morgan fingerprint density at radius 3 is 2.24 bits per heavy atom. The highest BCUT2D eigenvalue weighted by Gasteiger charge is 2.13. The number of hydrogen-bond acceptors (Lipinski definition) is 6. The smallest absolute Gasteiger partial charge is 0.203 e. The molecular weight excluding hydrogens is 288 g/mol. The summed E-state index contributed by atoms with van der Waals surface area (Å²) >= 11 is 1.57. The summed E-state index contributed by atoms with van der Waals surface area (Å²) in [7, 11) is 4.81. The first-order chi connectivity index (χ1) is 10.2. The maximum Gasteiger partial charge on any atom is 0.203 e. The highest BCUT2D eigenvalue weighted by molar-refractivity contribution is 7.98. The lowest BCUT2D eigenvalue weighted by Gasteiger charge is -2.13. The van der Waals surface area contributed by atoms with E-state index in [-0.39, 0.29) is 0 Å². The molecule has 0 aliphatic carbocycles. The minimum absolute atomic E-state index is 0.598. The van der Waals surface area contributed by atoms with Crippen LogP contribution in [0.25, 0.3) is 0 Å². The fourth-order valence-electron chi connectivity index (χ4n) is 1.86. The van der Waals surface area contributed by atoms with Gasteiger partial charge in [0.15, 0.2) is 16.7 Å². The lowest BCUT2D eigenvalue weighted by atomic mass is 10.2. The van der Waals surface area contributed by atoms with Gasteiger partial charge in [0.25, 0.3) is 0 Å². The summed E-state index contributed by atoms with van der Waals surface area (Å²) in [4.78, 5) is 8.61. The van der Waals surface area contributed by atoms with Crippen LogP contribution in [-0.4, -0.2) is 31.3 Å². The van der Waals surface area contributed by atoms with E-state index in [0.717, 1.165) is 22.2 Å². The Morgan fingerprint density at radius 2 is 1.71 bits per heavy atom. The van der Waals surface area contributed by atoms with Gasteiger partial charge in [-0.05, 0) is 30.7 Å². The molecule has 1 aromatic heterocycles. The number of hydrogen-bond donors (Lipinski definition) is 0. The number of aryl methyl sites for hydroxylation is 1. The molecular formula is C15H18N2O3S. The molecule has 0 radical (unpaired) electrons. The maximum absolute atomic E-state index is 5.35. The summed E-state index contributed by atoms with van der Waals surface area (Å²) in [5, 5.41) is 0.753. The van der Waals surface area contributed by atoms with Crippen LogP contribution in [0.3, 0.4) is 0 Å². The van der Waals surface area contributed by atoms with E-state index in [1.54, 1.807) is 39.3 Å². The lowest BCUT2D eigenvalue weighted by Crippen LogP contribution is -1.97. The molecule has 0 spiro atoms. The highest BCUT2D eigenvalue weighted by atomic mass is 32.2. The quantitative estimate of drug-likeness (QED) is 0.604. The summed E-state index contributed by atoms with van der Waals surface area (Å²) in [6.45, 7) is 1.95. The number of nitrogens with zero attached hydrogens (tertiary/aromatic N) is 2. The Labute approximate surface area is 128 Å². The van der Waals surface area contributed by atoms with Gasteiger partial charge in [-0.15, -0.1) is 0 Å². The highest BCUT2D eigenvalue weighted by Crippen LogP contribution is 2.39. The first-order valence-electron chi connectivity index (χ1n) is 6.39. The van der Waals surface area contributed by atoms with Crippen LogP contribution in [0, 0.1) is 6.92 Å². The third-order valence-corrected chi connectivity index (χ3v) is 3.80. The Hall–Kier alpha value is -1.95. The van der Waals surface area contributed by atoms with Gasteiger partial charge < -0.3 is 14.2 Å². The number of thioether (sulfide) groups is 1. The molecule has 0 aliphatic rings. The van der Waals surface area contributed by atoms with Crippen LogP contribution in [0.2, 0.25) is 0 Å². The summed E-state index contributed by atoms with van der Waals surface area (Å²) in [5.41, 5.74) is 2.01. The third kappa shape index (κ3) is 3.78. The molecule has 5 nitrogen and oxygen atoms in total. The van der Waals surface area contributed by atoms with E-state index < -0.39 is 0 Å². The molecule has 0 atom stereocenters. The zero-order valence-corrected chi connectivity index (χ0v) is 13.4. The van der Waals surface area contributed by atoms with Crippen molar-refractivity contribution in [1.29, 1.82) is 0 Å². The number of methoxy groups -OCH3 is 3. The molecule has 0 amide bonds. The van der Waals surface area contributed by atoms with Crippen LogP contribution in [-0.2, 0) is 5.75 Å². The van der Waals surface area contributed by atoms with Gasteiger partial charge in [0.2, 0.25) is 5.75 Å². The average molecular weight is 306 g/mol. The van der Waals surface area contributed by atoms with E-state index in [1.165, 1.54) is 0 Å². The largest absolute Gasteiger partial charge is 0.493 e. The molecule has 1 aromatic carbocycles. The van der Waals surface area contributed by atoms with E-state index in [0.29, 0.717) is 17.2 Å². The van der Waals surface area contributed by atoms with Crippen molar-refractivity contribution in [3.05, 3.63) is 35.7 Å². The molecule has 0 aliphatic heterocycles. The van der Waals surface area contributed by atoms with Crippen LogP contribution in [0.4, 0.5) is 0 Å². The second-order valence-electron chi connectivity index (χ2n) is 4.30. The van der Waals surface area contributed by atoms with Crippen molar-refractivity contribution in [2.45, 2.75) is 17.8 Å². The standard InChI is InChI=1S/C15H18N2O3S/c1-10-5-6-16-15(17-10)21-9-11-7-12(18-2)14(20-4)13(8-11)19-3/h5-8H,9H2,1-4H3. The van der Waals surface area contributed by atoms with Gasteiger partial charge in [-0.25, -0.2) is 9.97 Å². The predicted molar refractivity (Wildman–Crippen MR) is 82.4 cm³/mol. The van der Waals surface area contributed by atoms with Crippen LogP contribution >= 0.6 is 11.8 Å². The van der Waals surface area contributed by atoms with Gasteiger partial charge in [-0.2, -0.15) is 0 Å². The van der Waals surface area contributed by atoms with Crippen molar-refractivity contribution in [3.8, 4) is 17.2 Å². The monoisotopic (exact) mass is 306 g/mol. The zero-order valence-electron chi connectivity index (χ0n) is 12.5. The third-order valence-electron chi connectivity index (χ3n) is 2.87. The molecule has 0 fully saturated rings. The molecule has 2 rings (SSSR count). The summed E-state index contributed by atoms with van der Waals surface area (Å²) < 4.78 is 16.0. The van der Waals surface area contributed by atoms with Crippen LogP contribution in [0.15, 0.2) is 29.6 Å². The lowest BCUT2D eigenvalue weighted by molar-refractivity contribution is 0.324. The summed E-state index contributed by atoms with van der Waals surface area (Å²) in [5.74, 6) is 2.62. The Morgan fingerprint density at radius 1 is 1.05 bits per heavy atom. The van der Waals surface area contributed by atoms with E-state index in [4.69, 9.17) is 14.2 Å². The van der Waals surface area contributed by atoms with Crippen LogP contribution < -0.4 is 14.2 Å². The number of ether oxygens (including phenoxy) is 3. The molecule has 6 heteroatoms.